The minimum absolute atomic E-state index is 0. The van der Waals surface area contributed by atoms with Crippen molar-refractivity contribution in [1.29, 1.82) is 0 Å². The van der Waals surface area contributed by atoms with Crippen LogP contribution < -0.4 is 0 Å². The molecule has 0 aliphatic carbocycles. The van der Waals surface area contributed by atoms with E-state index >= 15 is 0 Å². The summed E-state index contributed by atoms with van der Waals surface area (Å²) >= 11 is 0.611. The zero-order valence-corrected chi connectivity index (χ0v) is 7.80. The first-order valence-electron chi connectivity index (χ1n) is 0.697. The Hall–Kier alpha value is 1.03. The minimum Gasteiger partial charge on any atom is 0 e. The molecule has 6 heteroatoms. The maximum Gasteiger partial charge on any atom is 0 e. The molecule has 0 N–H and O–H groups in total. The predicted molar refractivity (Wildman–Crippen MR) is 15.0 cm³/mol. The largest absolute Gasteiger partial charge is 0 e. The molecule has 0 rings (SSSR count). The molecule has 6 heavy (non-hydrogen) atoms. The molecule has 0 aromatic heterocycles. The Bertz CT molecular complexity index is 40.1. The summed E-state index contributed by atoms with van der Waals surface area (Å²) in [5.41, 5.74) is 0. The smallest absolute Gasteiger partial charge is 0 e. The van der Waals surface area contributed by atoms with Gasteiger partial charge in [0.1, 0.15) is 0 Å². The number of rotatable bonds is 0. The summed E-state index contributed by atoms with van der Waals surface area (Å²) in [7, 11) is -1.42. The topological polar surface area (TPSA) is 51.2 Å². The van der Waals surface area contributed by atoms with Gasteiger partial charge in [-0.05, 0) is 0 Å². The number of hydrogen-bond acceptors (Lipinski definition) is 3. The zero-order valence-electron chi connectivity index (χ0n) is 2.93. The summed E-state index contributed by atoms with van der Waals surface area (Å²) in [5.74, 6) is 0. The third-order valence-corrected chi connectivity index (χ3v) is 0. The van der Waals surface area contributed by atoms with Crippen molar-refractivity contribution in [3.63, 3.8) is 0 Å². The van der Waals surface area contributed by atoms with Crippen LogP contribution in [0.25, 0.3) is 0 Å². The molecule has 0 bridgehead atoms. The van der Waals surface area contributed by atoms with Crippen molar-refractivity contribution in [2.45, 2.75) is 0 Å². The normalized spacial score (nSPS) is 1.83. The van der Waals surface area contributed by atoms with E-state index in [2.05, 4.69) is 0 Å². The Morgan fingerprint density at radius 2 is 1.17 bits per heavy atom. The van der Waals surface area contributed by atoms with Gasteiger partial charge in [0.15, 0.2) is 0 Å². The van der Waals surface area contributed by atoms with Gasteiger partial charge in [0, 0.05) is 26.2 Å². The molecule has 0 unspecified atom stereocenters. The van der Waals surface area contributed by atoms with E-state index in [4.69, 9.17) is 12.7 Å². The Kier molecular flexibility index (Phi) is 97.0. The molecule has 30 valence electrons. The third-order valence-electron chi connectivity index (χ3n) is 0. The third kappa shape index (κ3) is 76.8. The standard InChI is InChI=1S/Al.O2Si.O.Zr.H/c;1-3-2;;;. The van der Waals surface area contributed by atoms with Crippen molar-refractivity contribution in [1.82, 2.24) is 0 Å². The second-order valence-electron chi connectivity index (χ2n) is 0.0833. The van der Waals surface area contributed by atoms with Crippen LogP contribution in [0.1, 0.15) is 0 Å². The summed E-state index contributed by atoms with van der Waals surface area (Å²) in [6, 6.07) is 0. The molecule has 0 aromatic rings. The molecule has 3 nitrogen and oxygen atoms in total. The average molecular weight is 195 g/mol. The van der Waals surface area contributed by atoms with Gasteiger partial charge in [-0.3, -0.25) is 8.92 Å². The van der Waals surface area contributed by atoms with Gasteiger partial charge in [0.05, 0.1) is 0 Å². The fourth-order valence-electron chi connectivity index (χ4n) is 0. The fraction of sp³-hybridized carbons (Fsp3) is 0. The molecule has 0 saturated carbocycles. The molecule has 0 atom stereocenters. The molecule has 0 saturated heterocycles. The van der Waals surface area contributed by atoms with Gasteiger partial charge in [-0.2, -0.15) is 0 Å². The molecular formula is HAlO3SiZr. The molecule has 0 aliphatic rings. The Morgan fingerprint density at radius 3 is 1.17 bits per heavy atom. The summed E-state index contributed by atoms with van der Waals surface area (Å²) < 4.78 is 25.1. The van der Waals surface area contributed by atoms with E-state index in [1.54, 1.807) is 0 Å². The second-order valence-corrected chi connectivity index (χ2v) is 0.250. The van der Waals surface area contributed by atoms with Crippen molar-refractivity contribution >= 4 is 25.5 Å². The molecule has 0 amide bonds. The van der Waals surface area contributed by atoms with Gasteiger partial charge in [-0.25, -0.2) is 0 Å². The maximum atomic E-state index is 8.40. The van der Waals surface area contributed by atoms with Crippen LogP contribution in [-0.2, 0) is 38.9 Å². The molecule has 0 aliphatic heterocycles. The Morgan fingerprint density at radius 1 is 1.17 bits per heavy atom. The minimum atomic E-state index is -1.42. The van der Waals surface area contributed by atoms with Crippen molar-refractivity contribution < 1.29 is 38.9 Å². The second kappa shape index (κ2) is 37.0. The van der Waals surface area contributed by atoms with Crippen LogP contribution >= 0.6 is 0 Å². The van der Waals surface area contributed by atoms with Crippen LogP contribution in [-0.4, -0.2) is 25.5 Å². The van der Waals surface area contributed by atoms with Gasteiger partial charge in [0.25, 0.3) is 0 Å². The maximum absolute atomic E-state index is 8.40. The van der Waals surface area contributed by atoms with E-state index in [0.29, 0.717) is 16.2 Å². The fourth-order valence-corrected chi connectivity index (χ4v) is 0. The molecule has 0 heterocycles. The SMILES string of the molecule is O=[Si]=O.[O]=[AlH].[Zr]. The van der Waals surface area contributed by atoms with Crippen molar-refractivity contribution in [2.75, 3.05) is 0 Å². The summed E-state index contributed by atoms with van der Waals surface area (Å²) in [5, 5.41) is 0. The Balaban J connectivity index is -0.0000000275. The van der Waals surface area contributed by atoms with Crippen molar-refractivity contribution in [2.24, 2.45) is 0 Å². The van der Waals surface area contributed by atoms with Crippen LogP contribution in [0.4, 0.5) is 0 Å². The number of hydrogen-bond donors (Lipinski definition) is 0. The van der Waals surface area contributed by atoms with Gasteiger partial charge in [-0.15, -0.1) is 0 Å². The first kappa shape index (κ1) is 15.7. The van der Waals surface area contributed by atoms with E-state index in [1.165, 1.54) is 0 Å². The Labute approximate surface area is 64.2 Å². The van der Waals surface area contributed by atoms with E-state index < -0.39 is 9.29 Å². The molecule has 0 radical (unpaired) electrons. The van der Waals surface area contributed by atoms with Crippen molar-refractivity contribution in [3.8, 4) is 0 Å². The monoisotopic (exact) mass is 194 g/mol. The van der Waals surface area contributed by atoms with Crippen LogP contribution in [0, 0.1) is 0 Å². The molecule has 0 aromatic carbocycles. The van der Waals surface area contributed by atoms with E-state index in [1.807, 2.05) is 0 Å². The van der Waals surface area contributed by atoms with Gasteiger partial charge in [-0.1, -0.05) is 0 Å². The van der Waals surface area contributed by atoms with Crippen LogP contribution in [0.3, 0.4) is 0 Å². The van der Waals surface area contributed by atoms with Gasteiger partial charge < -0.3 is 0 Å². The van der Waals surface area contributed by atoms with E-state index in [0.717, 1.165) is 0 Å². The molecule has 0 fully saturated rings. The quantitative estimate of drug-likeness (QED) is 0.447. The first-order valence-corrected chi connectivity index (χ1v) is 2.09. The van der Waals surface area contributed by atoms with Crippen LogP contribution in [0.2, 0.25) is 0 Å². The van der Waals surface area contributed by atoms with E-state index in [-0.39, 0.29) is 26.2 Å². The van der Waals surface area contributed by atoms with Crippen molar-refractivity contribution in [3.05, 3.63) is 0 Å². The zero-order chi connectivity index (χ0) is 4.71. The predicted octanol–water partition coefficient (Wildman–Crippen LogP) is -1.39. The van der Waals surface area contributed by atoms with Crippen LogP contribution in [0.15, 0.2) is 0 Å². The first-order chi connectivity index (χ1) is 2.41. The molecule has 0 spiro atoms. The van der Waals surface area contributed by atoms with Gasteiger partial charge >= 0.3 is 29.3 Å². The van der Waals surface area contributed by atoms with Crippen LogP contribution in [0.5, 0.6) is 0 Å². The van der Waals surface area contributed by atoms with E-state index in [9.17, 15) is 0 Å². The summed E-state index contributed by atoms with van der Waals surface area (Å²) in [6.45, 7) is 0. The average Bonchev–Trinajstić information content (AvgIpc) is 1.46. The van der Waals surface area contributed by atoms with Gasteiger partial charge in [0.2, 0.25) is 0 Å². The summed E-state index contributed by atoms with van der Waals surface area (Å²) in [6.07, 6.45) is 0. The summed E-state index contributed by atoms with van der Waals surface area (Å²) in [4.78, 5) is 0. The molecular weight excluding hydrogens is 194 g/mol.